The normalized spacial score (nSPS) is 19.3. The molecule has 1 aromatic heterocycles. The van der Waals surface area contributed by atoms with Crippen LogP contribution in [0.15, 0.2) is 18.3 Å². The number of pyridine rings is 1. The molecule has 132 valence electrons. The fourth-order valence-corrected chi connectivity index (χ4v) is 2.61. The quantitative estimate of drug-likeness (QED) is 0.757. The van der Waals surface area contributed by atoms with Gasteiger partial charge in [0, 0.05) is 19.0 Å². The maximum atomic E-state index is 12.1. The average Bonchev–Trinajstić information content (AvgIpc) is 2.66. The fraction of sp³-hybridized carbons (Fsp3) is 0.600. The molecular formula is C15H23BN2O5S. The van der Waals surface area contributed by atoms with Gasteiger partial charge in [0.15, 0.2) is 0 Å². The lowest BCUT2D eigenvalue weighted by Crippen LogP contribution is -2.41. The molecular weight excluding hydrogens is 331 g/mol. The van der Waals surface area contributed by atoms with E-state index in [2.05, 4.69) is 10.3 Å². The molecule has 2 heterocycles. The molecule has 1 saturated heterocycles. The minimum atomic E-state index is -3.12. The summed E-state index contributed by atoms with van der Waals surface area (Å²) in [6, 6.07) is 3.33. The van der Waals surface area contributed by atoms with Crippen LogP contribution in [0.5, 0.6) is 0 Å². The second-order valence-electron chi connectivity index (χ2n) is 6.95. The monoisotopic (exact) mass is 354 g/mol. The summed E-state index contributed by atoms with van der Waals surface area (Å²) in [5.41, 5.74) is -0.0647. The number of hydrogen-bond acceptors (Lipinski definition) is 6. The highest BCUT2D eigenvalue weighted by atomic mass is 32.2. The van der Waals surface area contributed by atoms with E-state index in [1.54, 1.807) is 12.1 Å². The number of carbonyl (C=O) groups is 1. The van der Waals surface area contributed by atoms with Crippen LogP contribution in [0.4, 0.5) is 0 Å². The molecule has 0 radical (unpaired) electrons. The highest BCUT2D eigenvalue weighted by molar-refractivity contribution is 7.90. The topological polar surface area (TPSA) is 94.6 Å². The van der Waals surface area contributed by atoms with E-state index in [1.807, 2.05) is 27.7 Å². The number of carbonyl (C=O) groups excluding carboxylic acids is 1. The third kappa shape index (κ3) is 4.34. The molecule has 0 unspecified atom stereocenters. The van der Waals surface area contributed by atoms with E-state index in [-0.39, 0.29) is 18.0 Å². The molecule has 0 saturated carbocycles. The molecule has 7 nitrogen and oxygen atoms in total. The second-order valence-corrected chi connectivity index (χ2v) is 9.21. The molecule has 0 atom stereocenters. The van der Waals surface area contributed by atoms with Gasteiger partial charge in [0.1, 0.15) is 15.5 Å². The Hall–Kier alpha value is -1.45. The lowest BCUT2D eigenvalue weighted by atomic mass is 9.79. The van der Waals surface area contributed by atoms with E-state index in [0.717, 1.165) is 6.26 Å². The number of hydrogen-bond donors (Lipinski definition) is 1. The van der Waals surface area contributed by atoms with Crippen LogP contribution < -0.4 is 10.8 Å². The Bertz CT molecular complexity index is 717. The van der Waals surface area contributed by atoms with Crippen molar-refractivity contribution in [2.75, 3.05) is 18.6 Å². The molecule has 24 heavy (non-hydrogen) atoms. The SMILES string of the molecule is CC1(C)OB(c2ccnc(C(=O)NCCS(C)(=O)=O)c2)OC1(C)C. The summed E-state index contributed by atoms with van der Waals surface area (Å²) in [5.74, 6) is -0.549. The zero-order chi connectivity index (χ0) is 18.2. The molecule has 1 amide bonds. The lowest BCUT2D eigenvalue weighted by Gasteiger charge is -2.32. The minimum Gasteiger partial charge on any atom is -0.399 e. The van der Waals surface area contributed by atoms with Crippen LogP contribution in [0.25, 0.3) is 0 Å². The van der Waals surface area contributed by atoms with Crippen molar-refractivity contribution in [1.82, 2.24) is 10.3 Å². The van der Waals surface area contributed by atoms with Crippen molar-refractivity contribution in [3.63, 3.8) is 0 Å². The van der Waals surface area contributed by atoms with Crippen molar-refractivity contribution in [2.24, 2.45) is 0 Å². The summed E-state index contributed by atoms with van der Waals surface area (Å²) in [6.45, 7) is 7.85. The third-order valence-corrected chi connectivity index (χ3v) is 5.25. The van der Waals surface area contributed by atoms with E-state index in [4.69, 9.17) is 9.31 Å². The van der Waals surface area contributed by atoms with Crippen molar-refractivity contribution in [3.05, 3.63) is 24.0 Å². The van der Waals surface area contributed by atoms with Gasteiger partial charge in [0.2, 0.25) is 0 Å². The van der Waals surface area contributed by atoms with Gasteiger partial charge in [-0.05, 0) is 45.3 Å². The number of amides is 1. The Morgan fingerprint density at radius 3 is 2.38 bits per heavy atom. The summed E-state index contributed by atoms with van der Waals surface area (Å²) in [7, 11) is -3.71. The number of nitrogens with zero attached hydrogens (tertiary/aromatic N) is 1. The molecule has 1 fully saturated rings. The summed E-state index contributed by atoms with van der Waals surface area (Å²) < 4.78 is 34.1. The average molecular weight is 354 g/mol. The summed E-state index contributed by atoms with van der Waals surface area (Å²) in [4.78, 5) is 16.1. The largest absolute Gasteiger partial charge is 0.494 e. The predicted molar refractivity (Wildman–Crippen MR) is 92.0 cm³/mol. The van der Waals surface area contributed by atoms with Crippen LogP contribution in [0.2, 0.25) is 0 Å². The van der Waals surface area contributed by atoms with Gasteiger partial charge in [-0.3, -0.25) is 9.78 Å². The molecule has 1 N–H and O–H groups in total. The molecule has 1 aliphatic heterocycles. The number of aromatic nitrogens is 1. The fourth-order valence-electron chi connectivity index (χ4n) is 2.14. The zero-order valence-corrected chi connectivity index (χ0v) is 15.4. The van der Waals surface area contributed by atoms with Crippen LogP contribution in [0, 0.1) is 0 Å². The van der Waals surface area contributed by atoms with Gasteiger partial charge in [-0.25, -0.2) is 8.42 Å². The first-order chi connectivity index (χ1) is 10.9. The maximum Gasteiger partial charge on any atom is 0.494 e. The smallest absolute Gasteiger partial charge is 0.399 e. The summed E-state index contributed by atoms with van der Waals surface area (Å²) >= 11 is 0. The summed E-state index contributed by atoms with van der Waals surface area (Å²) in [5, 5.41) is 2.54. The Labute approximate surface area is 143 Å². The highest BCUT2D eigenvalue weighted by Gasteiger charge is 2.51. The molecule has 0 spiro atoms. The molecule has 0 bridgehead atoms. The molecule has 1 aromatic rings. The Kier molecular flexibility index (Phi) is 5.08. The second kappa shape index (κ2) is 6.46. The number of rotatable bonds is 5. The van der Waals surface area contributed by atoms with Gasteiger partial charge in [-0.2, -0.15) is 0 Å². The van der Waals surface area contributed by atoms with Gasteiger partial charge >= 0.3 is 7.12 Å². The van der Waals surface area contributed by atoms with Gasteiger partial charge in [0.05, 0.1) is 17.0 Å². The first kappa shape index (κ1) is 18.9. The Morgan fingerprint density at radius 1 is 1.25 bits per heavy atom. The van der Waals surface area contributed by atoms with Crippen molar-refractivity contribution in [2.45, 2.75) is 38.9 Å². The van der Waals surface area contributed by atoms with E-state index in [0.29, 0.717) is 5.46 Å². The minimum absolute atomic E-state index is 0.0417. The van der Waals surface area contributed by atoms with Crippen molar-refractivity contribution < 1.29 is 22.5 Å². The molecule has 9 heteroatoms. The lowest BCUT2D eigenvalue weighted by molar-refractivity contribution is 0.00578. The van der Waals surface area contributed by atoms with Crippen molar-refractivity contribution >= 4 is 28.3 Å². The van der Waals surface area contributed by atoms with Crippen LogP contribution in [-0.2, 0) is 19.1 Å². The molecule has 2 rings (SSSR count). The number of sulfone groups is 1. The standard InChI is InChI=1S/C15H23BN2O5S/c1-14(2)15(3,4)23-16(22-14)11-6-7-17-12(10-11)13(19)18-8-9-24(5,20)21/h6-7,10H,8-9H2,1-5H3,(H,18,19). The van der Waals surface area contributed by atoms with E-state index in [1.165, 1.54) is 6.20 Å². The molecule has 0 aliphatic carbocycles. The van der Waals surface area contributed by atoms with Crippen molar-refractivity contribution in [1.29, 1.82) is 0 Å². The van der Waals surface area contributed by atoms with Crippen LogP contribution >= 0.6 is 0 Å². The predicted octanol–water partition coefficient (Wildman–Crippen LogP) is 0.155. The van der Waals surface area contributed by atoms with E-state index < -0.39 is 34.1 Å². The highest BCUT2D eigenvalue weighted by Crippen LogP contribution is 2.36. The van der Waals surface area contributed by atoms with Gasteiger partial charge in [-0.15, -0.1) is 0 Å². The number of nitrogens with one attached hydrogen (secondary N) is 1. The van der Waals surface area contributed by atoms with E-state index in [9.17, 15) is 13.2 Å². The Balaban J connectivity index is 2.08. The summed E-state index contributed by atoms with van der Waals surface area (Å²) in [6.07, 6.45) is 2.63. The van der Waals surface area contributed by atoms with Crippen LogP contribution in [0.1, 0.15) is 38.2 Å². The first-order valence-corrected chi connectivity index (χ1v) is 9.75. The zero-order valence-electron chi connectivity index (χ0n) is 14.6. The Morgan fingerprint density at radius 2 is 1.83 bits per heavy atom. The molecule has 1 aliphatic rings. The van der Waals surface area contributed by atoms with Crippen LogP contribution in [-0.4, -0.2) is 56.2 Å². The van der Waals surface area contributed by atoms with Gasteiger partial charge in [0.25, 0.3) is 5.91 Å². The van der Waals surface area contributed by atoms with Gasteiger partial charge in [-0.1, -0.05) is 0 Å². The molecule has 0 aromatic carbocycles. The van der Waals surface area contributed by atoms with Crippen LogP contribution in [0.3, 0.4) is 0 Å². The van der Waals surface area contributed by atoms with E-state index >= 15 is 0 Å². The first-order valence-electron chi connectivity index (χ1n) is 7.69. The maximum absolute atomic E-state index is 12.1. The van der Waals surface area contributed by atoms with Gasteiger partial charge < -0.3 is 14.6 Å². The van der Waals surface area contributed by atoms with Crippen molar-refractivity contribution in [3.8, 4) is 0 Å². The third-order valence-electron chi connectivity index (χ3n) is 4.30.